The summed E-state index contributed by atoms with van der Waals surface area (Å²) in [6.07, 6.45) is 0. The van der Waals surface area contributed by atoms with Crippen LogP contribution in [0.4, 0.5) is 0 Å². The second-order valence-corrected chi connectivity index (χ2v) is 5.60. The molecule has 0 aliphatic heterocycles. The molecular formula is C21H22O4. The summed E-state index contributed by atoms with van der Waals surface area (Å²) >= 11 is 0. The van der Waals surface area contributed by atoms with Crippen molar-refractivity contribution in [3.63, 3.8) is 0 Å². The van der Waals surface area contributed by atoms with Crippen molar-refractivity contribution in [2.75, 3.05) is 13.7 Å². The minimum atomic E-state index is -1.93. The largest absolute Gasteiger partial charge is 0.497 e. The molecule has 0 fully saturated rings. The van der Waals surface area contributed by atoms with E-state index in [1.165, 1.54) is 0 Å². The molecule has 0 aliphatic rings. The van der Waals surface area contributed by atoms with E-state index in [2.05, 4.69) is 11.8 Å². The average molecular weight is 338 g/mol. The molecule has 2 atom stereocenters. The van der Waals surface area contributed by atoms with E-state index in [0.29, 0.717) is 11.3 Å². The fraction of sp³-hybridized carbons (Fsp3) is 0.286. The van der Waals surface area contributed by atoms with Crippen LogP contribution in [0.25, 0.3) is 0 Å². The van der Waals surface area contributed by atoms with Gasteiger partial charge >= 0.3 is 5.97 Å². The number of hydrogen-bond acceptors (Lipinski definition) is 4. The molecule has 0 bridgehead atoms. The zero-order valence-electron chi connectivity index (χ0n) is 14.7. The molecule has 2 aromatic carbocycles. The molecular weight excluding hydrogens is 316 g/mol. The maximum atomic E-state index is 12.4. The van der Waals surface area contributed by atoms with E-state index in [9.17, 15) is 9.90 Å². The minimum absolute atomic E-state index is 0.173. The summed E-state index contributed by atoms with van der Waals surface area (Å²) in [7, 11) is 1.59. The first-order chi connectivity index (χ1) is 12.0. The highest BCUT2D eigenvalue weighted by Crippen LogP contribution is 2.29. The number of esters is 1. The number of rotatable bonds is 5. The van der Waals surface area contributed by atoms with Crippen molar-refractivity contribution in [1.82, 2.24) is 0 Å². The number of hydrogen-bond donors (Lipinski definition) is 1. The second-order valence-electron chi connectivity index (χ2n) is 5.60. The Bertz CT molecular complexity index is 756. The highest BCUT2D eigenvalue weighted by molar-refractivity contribution is 5.85. The van der Waals surface area contributed by atoms with Crippen LogP contribution in [0, 0.1) is 11.8 Å². The van der Waals surface area contributed by atoms with Crippen LogP contribution in [0.15, 0.2) is 54.6 Å². The summed E-state index contributed by atoms with van der Waals surface area (Å²) < 4.78 is 10.2. The Hall–Kier alpha value is -2.77. The lowest BCUT2D eigenvalue weighted by Gasteiger charge is -2.27. The fourth-order valence-electron chi connectivity index (χ4n) is 2.40. The Balaban J connectivity index is 2.38. The van der Waals surface area contributed by atoms with Gasteiger partial charge in [0.15, 0.2) is 0 Å². The van der Waals surface area contributed by atoms with Crippen molar-refractivity contribution in [2.45, 2.75) is 25.4 Å². The molecule has 0 spiro atoms. The lowest BCUT2D eigenvalue weighted by Crippen LogP contribution is -2.43. The van der Waals surface area contributed by atoms with Gasteiger partial charge in [-0.3, -0.25) is 0 Å². The summed E-state index contributed by atoms with van der Waals surface area (Å²) in [4.78, 5) is 12.4. The second kappa shape index (κ2) is 8.36. The Morgan fingerprint density at radius 1 is 1.16 bits per heavy atom. The Morgan fingerprint density at radius 3 is 2.36 bits per heavy atom. The van der Waals surface area contributed by atoms with Crippen molar-refractivity contribution in [3.8, 4) is 17.6 Å². The average Bonchev–Trinajstić information content (AvgIpc) is 2.66. The molecule has 130 valence electrons. The third-order valence-corrected chi connectivity index (χ3v) is 4.00. The summed E-state index contributed by atoms with van der Waals surface area (Å²) in [5, 5.41) is 11.0. The van der Waals surface area contributed by atoms with E-state index in [0.717, 1.165) is 5.56 Å². The SMILES string of the molecule is CCOC(=O)[C@@](O)(C#Cc1ccc(OC)cc1)[C@H](C)c1ccccc1. The Morgan fingerprint density at radius 2 is 1.80 bits per heavy atom. The normalized spacial score (nSPS) is 13.8. The van der Waals surface area contributed by atoms with Crippen LogP contribution in [0.3, 0.4) is 0 Å². The standard InChI is InChI=1S/C21H22O4/c1-4-25-20(22)21(23,16(2)18-8-6-5-7-9-18)15-14-17-10-12-19(24-3)13-11-17/h5-13,16,23H,4H2,1-3H3/t16-,21-/m1/s1. The van der Waals surface area contributed by atoms with Gasteiger partial charge in [-0.2, -0.15) is 0 Å². The monoisotopic (exact) mass is 338 g/mol. The first-order valence-electron chi connectivity index (χ1n) is 8.13. The van der Waals surface area contributed by atoms with Gasteiger partial charge in [-0.25, -0.2) is 4.79 Å². The highest BCUT2D eigenvalue weighted by atomic mass is 16.5. The van der Waals surface area contributed by atoms with Crippen molar-refractivity contribution in [1.29, 1.82) is 0 Å². The molecule has 0 aliphatic carbocycles. The number of aliphatic hydroxyl groups is 1. The maximum Gasteiger partial charge on any atom is 0.351 e. The predicted octanol–water partition coefficient (Wildman–Crippen LogP) is 3.14. The highest BCUT2D eigenvalue weighted by Gasteiger charge is 2.42. The van der Waals surface area contributed by atoms with E-state index in [1.807, 2.05) is 30.3 Å². The number of methoxy groups -OCH3 is 1. The quantitative estimate of drug-likeness (QED) is 0.672. The van der Waals surface area contributed by atoms with E-state index in [1.54, 1.807) is 45.2 Å². The zero-order chi connectivity index (χ0) is 18.3. The Kier molecular flexibility index (Phi) is 6.21. The van der Waals surface area contributed by atoms with Gasteiger partial charge < -0.3 is 14.6 Å². The van der Waals surface area contributed by atoms with Crippen molar-refractivity contribution in [2.24, 2.45) is 0 Å². The molecule has 4 heteroatoms. The van der Waals surface area contributed by atoms with Gasteiger partial charge in [-0.15, -0.1) is 0 Å². The number of carbonyl (C=O) groups is 1. The molecule has 0 unspecified atom stereocenters. The number of carbonyl (C=O) groups excluding carboxylic acids is 1. The van der Waals surface area contributed by atoms with Crippen LogP contribution in [0.1, 0.15) is 30.9 Å². The number of ether oxygens (including phenoxy) is 2. The first-order valence-corrected chi connectivity index (χ1v) is 8.13. The molecule has 0 saturated carbocycles. The topological polar surface area (TPSA) is 55.8 Å². The van der Waals surface area contributed by atoms with Gasteiger partial charge in [0.2, 0.25) is 5.60 Å². The molecule has 0 saturated heterocycles. The van der Waals surface area contributed by atoms with E-state index < -0.39 is 17.5 Å². The van der Waals surface area contributed by atoms with Crippen molar-refractivity contribution < 1.29 is 19.4 Å². The Labute approximate surface area is 148 Å². The van der Waals surface area contributed by atoms with Gasteiger partial charge in [0.1, 0.15) is 5.75 Å². The lowest BCUT2D eigenvalue weighted by molar-refractivity contribution is -0.160. The lowest BCUT2D eigenvalue weighted by atomic mass is 9.83. The number of benzene rings is 2. The van der Waals surface area contributed by atoms with Crippen LogP contribution >= 0.6 is 0 Å². The van der Waals surface area contributed by atoms with Crippen LogP contribution < -0.4 is 4.74 Å². The van der Waals surface area contributed by atoms with Crippen LogP contribution in [-0.4, -0.2) is 30.4 Å². The summed E-state index contributed by atoms with van der Waals surface area (Å²) in [6.45, 7) is 3.63. The molecule has 2 rings (SSSR count). The smallest absolute Gasteiger partial charge is 0.351 e. The molecule has 25 heavy (non-hydrogen) atoms. The van der Waals surface area contributed by atoms with E-state index >= 15 is 0 Å². The zero-order valence-corrected chi connectivity index (χ0v) is 14.7. The molecule has 1 N–H and O–H groups in total. The third kappa shape index (κ3) is 4.40. The van der Waals surface area contributed by atoms with E-state index in [-0.39, 0.29) is 6.61 Å². The summed E-state index contributed by atoms with van der Waals surface area (Å²) in [6, 6.07) is 16.4. The molecule has 0 radical (unpaired) electrons. The molecule has 2 aromatic rings. The molecule has 0 amide bonds. The van der Waals surface area contributed by atoms with Crippen LogP contribution in [0.2, 0.25) is 0 Å². The van der Waals surface area contributed by atoms with Gasteiger partial charge in [-0.05, 0) is 36.8 Å². The molecule has 0 heterocycles. The fourth-order valence-corrected chi connectivity index (χ4v) is 2.40. The van der Waals surface area contributed by atoms with Crippen molar-refractivity contribution in [3.05, 3.63) is 65.7 Å². The van der Waals surface area contributed by atoms with Gasteiger partial charge in [0.25, 0.3) is 0 Å². The van der Waals surface area contributed by atoms with E-state index in [4.69, 9.17) is 9.47 Å². The van der Waals surface area contributed by atoms with Crippen LogP contribution in [-0.2, 0) is 9.53 Å². The minimum Gasteiger partial charge on any atom is -0.497 e. The summed E-state index contributed by atoms with van der Waals surface area (Å²) in [5.74, 6) is 5.02. The van der Waals surface area contributed by atoms with Gasteiger partial charge in [0.05, 0.1) is 13.7 Å². The summed E-state index contributed by atoms with van der Waals surface area (Å²) in [5.41, 5.74) is -0.456. The predicted molar refractivity (Wildman–Crippen MR) is 96.3 cm³/mol. The van der Waals surface area contributed by atoms with Crippen LogP contribution in [0.5, 0.6) is 5.75 Å². The molecule has 4 nitrogen and oxygen atoms in total. The van der Waals surface area contributed by atoms with Crippen molar-refractivity contribution >= 4 is 5.97 Å². The van der Waals surface area contributed by atoms with Gasteiger partial charge in [0, 0.05) is 11.5 Å². The first kappa shape index (κ1) is 18.6. The molecule has 0 aromatic heterocycles. The maximum absolute atomic E-state index is 12.4. The third-order valence-electron chi connectivity index (χ3n) is 4.00. The van der Waals surface area contributed by atoms with Gasteiger partial charge in [-0.1, -0.05) is 49.1 Å².